The summed E-state index contributed by atoms with van der Waals surface area (Å²) in [5.41, 5.74) is 4.68. The third-order valence-electron chi connectivity index (χ3n) is 2.66. The summed E-state index contributed by atoms with van der Waals surface area (Å²) in [5, 5.41) is 0. The highest BCUT2D eigenvalue weighted by molar-refractivity contribution is 8.08. The van der Waals surface area contributed by atoms with E-state index >= 15 is 0 Å². The maximum absolute atomic E-state index is 11.2. The molecule has 0 aliphatic heterocycles. The van der Waals surface area contributed by atoms with Crippen LogP contribution in [0.3, 0.4) is 0 Å². The number of hydrogen-bond donors (Lipinski definition) is 3. The van der Waals surface area contributed by atoms with Crippen LogP contribution in [0.25, 0.3) is 0 Å². The molecule has 0 aliphatic rings. The molecule has 0 spiro atoms. The van der Waals surface area contributed by atoms with Crippen LogP contribution in [0, 0.1) is 0 Å². The van der Waals surface area contributed by atoms with Crippen LogP contribution in [0.15, 0.2) is 22.0 Å². The Balaban J connectivity index is 5.46. The van der Waals surface area contributed by atoms with Gasteiger partial charge in [0.1, 0.15) is 0 Å². The molecule has 3 unspecified atom stereocenters. The molecule has 0 aromatic rings. The number of thioether (sulfide) groups is 1. The van der Waals surface area contributed by atoms with Crippen LogP contribution in [-0.4, -0.2) is 27.5 Å². The highest BCUT2D eigenvalue weighted by Crippen LogP contribution is 2.38. The Morgan fingerprint density at radius 1 is 1.79 bits per heavy atom. The maximum Gasteiger partial charge on any atom is 0.232 e. The van der Waals surface area contributed by atoms with E-state index in [1.54, 1.807) is 14.0 Å². The summed E-state index contributed by atoms with van der Waals surface area (Å²) >= 11 is 4.71. The summed E-state index contributed by atoms with van der Waals surface area (Å²) in [7, 11) is 1.55. The summed E-state index contributed by atoms with van der Waals surface area (Å²) in [6, 6.07) is 0. The van der Waals surface area contributed by atoms with Crippen LogP contribution >= 0.6 is 23.4 Å². The fourth-order valence-corrected chi connectivity index (χ4v) is 3.41. The monoisotopic (exact) mass is 328 g/mol. The number of halogens is 1. The molecule has 0 aromatic heterocycles. The van der Waals surface area contributed by atoms with Crippen molar-refractivity contribution < 1.29 is 13.5 Å². The van der Waals surface area contributed by atoms with E-state index in [1.807, 2.05) is 6.92 Å². The topological polar surface area (TPSA) is 84.6 Å². The molecule has 0 amide bonds. The van der Waals surface area contributed by atoms with Gasteiger partial charge in [-0.2, -0.15) is 0 Å². The molecule has 19 heavy (non-hydrogen) atoms. The van der Waals surface area contributed by atoms with Crippen LogP contribution in [-0.2, 0) is 16.0 Å². The van der Waals surface area contributed by atoms with Crippen molar-refractivity contribution in [3.8, 4) is 0 Å². The highest BCUT2D eigenvalue weighted by atomic mass is 35.5. The second kappa shape index (κ2) is 8.99. The van der Waals surface area contributed by atoms with E-state index in [9.17, 15) is 4.21 Å². The smallest absolute Gasteiger partial charge is 0.232 e. The fourth-order valence-electron chi connectivity index (χ4n) is 1.79. The lowest BCUT2D eigenvalue weighted by molar-refractivity contribution is 0.0452. The van der Waals surface area contributed by atoms with Gasteiger partial charge < -0.3 is 10.5 Å². The molecular weight excluding hydrogens is 308 g/mol. The van der Waals surface area contributed by atoms with Crippen LogP contribution in [0.5, 0.6) is 0 Å². The van der Waals surface area contributed by atoms with Gasteiger partial charge in [0.25, 0.3) is 0 Å². The summed E-state index contributed by atoms with van der Waals surface area (Å²) in [5.74, 6) is 0. The summed E-state index contributed by atoms with van der Waals surface area (Å²) in [6.07, 6.45) is 2.58. The number of rotatable bonds is 9. The molecule has 0 fully saturated rings. The van der Waals surface area contributed by atoms with Gasteiger partial charge in [-0.25, -0.2) is 8.93 Å². The quantitative estimate of drug-likeness (QED) is 0.566. The van der Waals surface area contributed by atoms with Crippen LogP contribution in [0.1, 0.15) is 26.7 Å². The zero-order chi connectivity index (χ0) is 15.1. The molecule has 0 aromatic carbocycles. The zero-order valence-electron chi connectivity index (χ0n) is 11.3. The number of hydrogen-bond acceptors (Lipinski definition) is 4. The first-order valence-corrected chi connectivity index (χ1v) is 7.98. The molecule has 0 aliphatic carbocycles. The fraction of sp³-hybridized carbons (Fsp3) is 0.636. The second-order valence-electron chi connectivity index (χ2n) is 4.05. The molecule has 0 saturated heterocycles. The molecule has 0 bridgehead atoms. The lowest BCUT2D eigenvalue weighted by atomic mass is 9.92. The molecule has 0 radical (unpaired) electrons. The Hall–Kier alpha value is -0.0500. The summed E-state index contributed by atoms with van der Waals surface area (Å²) < 4.78 is 28.6. The van der Waals surface area contributed by atoms with Crippen LogP contribution in [0.4, 0.5) is 0 Å². The minimum Gasteiger partial charge on any atom is -0.404 e. The van der Waals surface area contributed by atoms with Gasteiger partial charge in [-0.15, -0.1) is 0 Å². The Labute approximate surface area is 126 Å². The van der Waals surface area contributed by atoms with E-state index in [1.165, 1.54) is 6.20 Å². The van der Waals surface area contributed by atoms with Crippen LogP contribution < -0.4 is 10.5 Å². The third-order valence-corrected chi connectivity index (χ3v) is 4.49. The molecule has 8 heteroatoms. The predicted octanol–water partition coefficient (Wildman–Crippen LogP) is 2.53. The largest absolute Gasteiger partial charge is 0.404 e. The van der Waals surface area contributed by atoms with Gasteiger partial charge in [-0.05, 0) is 13.3 Å². The summed E-state index contributed by atoms with van der Waals surface area (Å²) in [6.45, 7) is 7.34. The van der Waals surface area contributed by atoms with E-state index in [-0.39, 0.29) is 6.10 Å². The SMILES string of the molecule is C=C(Cl)S/C(=C\N)C(C)(NS(=O)O)C(CCC)OC. The normalized spacial score (nSPS) is 18.7. The Morgan fingerprint density at radius 2 is 2.37 bits per heavy atom. The van der Waals surface area contributed by atoms with E-state index in [0.29, 0.717) is 15.7 Å². The Morgan fingerprint density at radius 3 is 2.68 bits per heavy atom. The van der Waals surface area contributed by atoms with E-state index in [4.69, 9.17) is 26.6 Å². The number of nitrogens with one attached hydrogen (secondary N) is 1. The van der Waals surface area contributed by atoms with Crippen molar-refractivity contribution in [2.24, 2.45) is 5.73 Å². The summed E-state index contributed by atoms with van der Waals surface area (Å²) in [4.78, 5) is 0.579. The molecule has 112 valence electrons. The maximum atomic E-state index is 11.2. The first-order valence-electron chi connectivity index (χ1n) is 5.67. The molecule has 0 heterocycles. The molecule has 5 nitrogen and oxygen atoms in total. The number of methoxy groups -OCH3 is 1. The molecule has 0 saturated carbocycles. The lowest BCUT2D eigenvalue weighted by Gasteiger charge is -2.37. The van der Waals surface area contributed by atoms with Crippen molar-refractivity contribution >= 4 is 34.6 Å². The minimum atomic E-state index is -2.21. The van der Waals surface area contributed by atoms with Gasteiger partial charge in [0, 0.05) is 18.2 Å². The average molecular weight is 329 g/mol. The first-order chi connectivity index (χ1) is 8.81. The molecule has 4 N–H and O–H groups in total. The van der Waals surface area contributed by atoms with Crippen molar-refractivity contribution in [3.05, 3.63) is 22.0 Å². The van der Waals surface area contributed by atoms with Crippen molar-refractivity contribution in [1.82, 2.24) is 4.72 Å². The van der Waals surface area contributed by atoms with Crippen molar-refractivity contribution in [2.75, 3.05) is 7.11 Å². The van der Waals surface area contributed by atoms with Crippen molar-refractivity contribution in [3.63, 3.8) is 0 Å². The van der Waals surface area contributed by atoms with E-state index < -0.39 is 16.8 Å². The zero-order valence-corrected chi connectivity index (χ0v) is 13.7. The average Bonchev–Trinajstić information content (AvgIpc) is 2.31. The number of ether oxygens (including phenoxy) is 1. The molecule has 0 rings (SSSR count). The van der Waals surface area contributed by atoms with Gasteiger partial charge >= 0.3 is 0 Å². The van der Waals surface area contributed by atoms with E-state index in [0.717, 1.165) is 18.2 Å². The van der Waals surface area contributed by atoms with Crippen molar-refractivity contribution in [1.29, 1.82) is 0 Å². The van der Waals surface area contributed by atoms with Gasteiger partial charge in [0.15, 0.2) is 0 Å². The third kappa shape index (κ3) is 5.85. The molecular formula is C11H21ClN2O3S2. The van der Waals surface area contributed by atoms with Crippen molar-refractivity contribution in [2.45, 2.75) is 38.3 Å². The lowest BCUT2D eigenvalue weighted by Crippen LogP contribution is -2.54. The van der Waals surface area contributed by atoms with Gasteiger partial charge in [0.05, 0.1) is 16.0 Å². The molecule has 3 atom stereocenters. The van der Waals surface area contributed by atoms with Gasteiger partial charge in [-0.1, -0.05) is 43.3 Å². The van der Waals surface area contributed by atoms with Gasteiger partial charge in [-0.3, -0.25) is 4.55 Å². The second-order valence-corrected chi connectivity index (χ2v) is 6.57. The standard InChI is InChI=1S/C11H21ClN2O3S2/c1-5-6-9(17-4)11(3,14-19(15)16)10(7-13)18-8(2)12/h7,9,14H,2,5-6,13H2,1,3-4H3,(H,15,16)/b10-7-. The minimum absolute atomic E-state index is 0.319. The number of nitrogens with two attached hydrogens (primary N) is 1. The first kappa shape index (κ1) is 18.9. The van der Waals surface area contributed by atoms with Crippen LogP contribution in [0.2, 0.25) is 0 Å². The van der Waals surface area contributed by atoms with E-state index in [2.05, 4.69) is 11.3 Å². The Kier molecular flexibility index (Phi) is 8.97. The highest BCUT2D eigenvalue weighted by Gasteiger charge is 2.39. The van der Waals surface area contributed by atoms with Gasteiger partial charge in [0.2, 0.25) is 11.3 Å². The Bertz CT molecular complexity index is 366. The predicted molar refractivity (Wildman–Crippen MR) is 82.9 cm³/mol.